The molecule has 0 spiro atoms. The second-order valence-corrected chi connectivity index (χ2v) is 6.96. The van der Waals surface area contributed by atoms with Gasteiger partial charge in [-0.3, -0.25) is 4.90 Å². The molecule has 0 aromatic heterocycles. The second kappa shape index (κ2) is 8.28. The van der Waals surface area contributed by atoms with E-state index < -0.39 is 0 Å². The van der Waals surface area contributed by atoms with E-state index in [1.54, 1.807) is 4.90 Å². The Kier molecular flexibility index (Phi) is 5.84. The fourth-order valence-electron chi connectivity index (χ4n) is 2.58. The third-order valence-electron chi connectivity index (χ3n) is 3.76. The largest absolute Gasteiger partial charge is 0.447 e. The highest BCUT2D eigenvalue weighted by atomic mass is 35.5. The summed E-state index contributed by atoms with van der Waals surface area (Å²) in [5.41, 5.74) is 2.12. The van der Waals surface area contributed by atoms with Gasteiger partial charge in [0.1, 0.15) is 6.61 Å². The lowest BCUT2D eigenvalue weighted by Crippen LogP contribution is -2.23. The fourth-order valence-corrected chi connectivity index (χ4v) is 3.81. The van der Waals surface area contributed by atoms with Gasteiger partial charge in [-0.15, -0.1) is 6.58 Å². The lowest BCUT2D eigenvalue weighted by molar-refractivity contribution is 0.165. The minimum absolute atomic E-state index is 0.311. The van der Waals surface area contributed by atoms with Gasteiger partial charge < -0.3 is 4.74 Å². The van der Waals surface area contributed by atoms with Crippen LogP contribution in [0.5, 0.6) is 0 Å². The quantitative estimate of drug-likeness (QED) is 0.472. The maximum atomic E-state index is 12.2. The maximum Gasteiger partial charge on any atom is 0.414 e. The Hall–Kier alpha value is -2.17. The molecule has 2 aromatic rings. The summed E-state index contributed by atoms with van der Waals surface area (Å²) >= 11 is 7.53. The van der Waals surface area contributed by atoms with Gasteiger partial charge in [0, 0.05) is 9.92 Å². The summed E-state index contributed by atoms with van der Waals surface area (Å²) in [4.78, 5) is 14.9. The van der Waals surface area contributed by atoms with Gasteiger partial charge >= 0.3 is 6.09 Å². The van der Waals surface area contributed by atoms with E-state index in [4.69, 9.17) is 16.3 Å². The van der Waals surface area contributed by atoms with E-state index in [0.717, 1.165) is 21.1 Å². The highest BCUT2D eigenvalue weighted by Gasteiger charge is 2.28. The number of hydrogen-bond acceptors (Lipinski definition) is 3. The van der Waals surface area contributed by atoms with Crippen LogP contribution in [0.25, 0.3) is 5.57 Å². The number of ether oxygens (including phenoxy) is 1. The molecule has 3 nitrogen and oxygen atoms in total. The molecule has 1 aliphatic rings. The number of halogens is 1. The summed E-state index contributed by atoms with van der Waals surface area (Å²) in [5, 5.41) is 1.56. The number of carbonyl (C=O) groups is 1. The molecular formula is C20H18ClNO2S. The average molecular weight is 372 g/mol. The molecule has 1 heterocycles. The lowest BCUT2D eigenvalue weighted by atomic mass is 10.0. The number of benzene rings is 2. The molecule has 0 radical (unpaired) electrons. The number of nitrogens with zero attached hydrogens (tertiary/aromatic N) is 1. The van der Waals surface area contributed by atoms with Crippen LogP contribution in [0.2, 0.25) is 5.02 Å². The Labute approximate surface area is 156 Å². The third-order valence-corrected chi connectivity index (χ3v) is 5.18. The first-order chi connectivity index (χ1) is 12.2. The van der Waals surface area contributed by atoms with Gasteiger partial charge in [-0.05, 0) is 41.8 Å². The zero-order valence-electron chi connectivity index (χ0n) is 13.7. The van der Waals surface area contributed by atoms with Crippen molar-refractivity contribution >= 4 is 35.0 Å². The number of carbonyl (C=O) groups excluding carboxylic acids is 1. The van der Waals surface area contributed by atoms with Gasteiger partial charge in [0.2, 0.25) is 0 Å². The van der Waals surface area contributed by atoms with Crippen LogP contribution in [0.4, 0.5) is 4.79 Å². The van der Waals surface area contributed by atoms with Crippen LogP contribution < -0.4 is 0 Å². The second-order valence-electron chi connectivity index (χ2n) is 5.46. The van der Waals surface area contributed by atoms with Crippen LogP contribution >= 0.6 is 23.4 Å². The van der Waals surface area contributed by atoms with Crippen molar-refractivity contribution < 1.29 is 9.53 Å². The molecule has 2 aromatic carbocycles. The minimum Gasteiger partial charge on any atom is -0.447 e. The van der Waals surface area contributed by atoms with Crippen molar-refractivity contribution in [1.29, 1.82) is 0 Å². The Morgan fingerprint density at radius 3 is 2.52 bits per heavy atom. The molecule has 1 fully saturated rings. The summed E-state index contributed by atoms with van der Waals surface area (Å²) in [6.45, 7) is 4.82. The first-order valence-corrected chi connectivity index (χ1v) is 9.15. The van der Waals surface area contributed by atoms with Gasteiger partial charge in [0.25, 0.3) is 0 Å². The molecular weight excluding hydrogens is 354 g/mol. The summed E-state index contributed by atoms with van der Waals surface area (Å²) in [6.07, 6.45) is 2.20. The normalized spacial score (nSPS) is 14.9. The average Bonchev–Trinajstić information content (AvgIpc) is 3.06. The van der Waals surface area contributed by atoms with E-state index in [0.29, 0.717) is 24.6 Å². The van der Waals surface area contributed by atoms with Gasteiger partial charge in [0.05, 0.1) is 11.6 Å². The SMILES string of the molecule is C=CC/C(=C(\Sc1ccc(Cl)cc1)N1CCOC1=O)c1ccccc1. The number of amides is 1. The highest BCUT2D eigenvalue weighted by Crippen LogP contribution is 2.38. The van der Waals surface area contributed by atoms with Crippen LogP contribution in [-0.2, 0) is 4.74 Å². The molecule has 0 aliphatic carbocycles. The summed E-state index contributed by atoms with van der Waals surface area (Å²) in [5.74, 6) is 0. The first-order valence-electron chi connectivity index (χ1n) is 7.96. The molecule has 0 saturated carbocycles. The van der Waals surface area contributed by atoms with Crippen molar-refractivity contribution in [2.45, 2.75) is 11.3 Å². The molecule has 3 rings (SSSR count). The van der Waals surface area contributed by atoms with E-state index >= 15 is 0 Å². The van der Waals surface area contributed by atoms with Crippen molar-refractivity contribution in [3.8, 4) is 0 Å². The Morgan fingerprint density at radius 1 is 1.20 bits per heavy atom. The van der Waals surface area contributed by atoms with Crippen molar-refractivity contribution in [3.63, 3.8) is 0 Å². The number of hydrogen-bond donors (Lipinski definition) is 0. The summed E-state index contributed by atoms with van der Waals surface area (Å²) < 4.78 is 5.16. The van der Waals surface area contributed by atoms with E-state index in [-0.39, 0.29) is 6.09 Å². The maximum absolute atomic E-state index is 12.2. The number of thioether (sulfide) groups is 1. The minimum atomic E-state index is -0.311. The van der Waals surface area contributed by atoms with E-state index in [2.05, 4.69) is 6.58 Å². The zero-order chi connectivity index (χ0) is 17.6. The number of allylic oxidation sites excluding steroid dienone is 2. The predicted molar refractivity (Wildman–Crippen MR) is 104 cm³/mol. The van der Waals surface area contributed by atoms with Gasteiger partial charge in [-0.2, -0.15) is 0 Å². The Morgan fingerprint density at radius 2 is 1.92 bits per heavy atom. The zero-order valence-corrected chi connectivity index (χ0v) is 15.2. The highest BCUT2D eigenvalue weighted by molar-refractivity contribution is 8.03. The standard InChI is InChI=1S/C20H18ClNO2S/c1-2-6-18(15-7-4-3-5-8-15)19(22-13-14-24-20(22)23)25-17-11-9-16(21)10-12-17/h2-5,7-12H,1,6,13-14H2/b19-18+. The summed E-state index contributed by atoms with van der Waals surface area (Å²) in [7, 11) is 0. The van der Waals surface area contributed by atoms with Gasteiger partial charge in [0.15, 0.2) is 0 Å². The number of rotatable bonds is 6. The van der Waals surface area contributed by atoms with Crippen LogP contribution in [0.1, 0.15) is 12.0 Å². The predicted octanol–water partition coefficient (Wildman–Crippen LogP) is 5.83. The van der Waals surface area contributed by atoms with Crippen molar-refractivity contribution in [3.05, 3.63) is 82.9 Å². The van der Waals surface area contributed by atoms with Crippen LogP contribution in [0.3, 0.4) is 0 Å². The molecule has 1 saturated heterocycles. The van der Waals surface area contributed by atoms with Crippen LogP contribution in [0, 0.1) is 0 Å². The summed E-state index contributed by atoms with van der Waals surface area (Å²) in [6, 6.07) is 17.6. The fraction of sp³-hybridized carbons (Fsp3) is 0.150. The lowest BCUT2D eigenvalue weighted by Gasteiger charge is -2.21. The van der Waals surface area contributed by atoms with Crippen molar-refractivity contribution in [2.75, 3.05) is 13.2 Å². The first kappa shape index (κ1) is 17.6. The van der Waals surface area contributed by atoms with E-state index in [1.165, 1.54) is 11.8 Å². The monoisotopic (exact) mass is 371 g/mol. The number of cyclic esters (lactones) is 1. The van der Waals surface area contributed by atoms with Crippen LogP contribution in [0.15, 0.2) is 77.2 Å². The van der Waals surface area contributed by atoms with Gasteiger partial charge in [-0.1, -0.05) is 59.8 Å². The van der Waals surface area contributed by atoms with E-state index in [1.807, 2.05) is 60.7 Å². The molecule has 0 bridgehead atoms. The Bertz CT molecular complexity index is 787. The van der Waals surface area contributed by atoms with E-state index in [9.17, 15) is 4.79 Å². The molecule has 5 heteroatoms. The topological polar surface area (TPSA) is 29.5 Å². The molecule has 1 aliphatic heterocycles. The van der Waals surface area contributed by atoms with Crippen molar-refractivity contribution in [2.24, 2.45) is 0 Å². The molecule has 25 heavy (non-hydrogen) atoms. The van der Waals surface area contributed by atoms with Crippen molar-refractivity contribution in [1.82, 2.24) is 4.90 Å². The molecule has 128 valence electrons. The third kappa shape index (κ3) is 4.27. The molecule has 1 amide bonds. The molecule has 0 N–H and O–H groups in total. The smallest absolute Gasteiger partial charge is 0.414 e. The van der Waals surface area contributed by atoms with Gasteiger partial charge in [-0.25, -0.2) is 4.79 Å². The molecule has 0 atom stereocenters. The van der Waals surface area contributed by atoms with Crippen LogP contribution in [-0.4, -0.2) is 24.1 Å². The Balaban J connectivity index is 2.08. The molecule has 0 unspecified atom stereocenters.